The van der Waals surface area contributed by atoms with Crippen LogP contribution in [0.1, 0.15) is 53.4 Å². The SMILES string of the molecule is CCCOC(=O)NC1CC(C)(C)CC(C)(CNC(=O)OCO)C1. The molecule has 0 aromatic heterocycles. The Labute approximate surface area is 138 Å². The Bertz CT molecular complexity index is 413. The number of hydrogen-bond acceptors (Lipinski definition) is 5. The number of ether oxygens (including phenoxy) is 2. The maximum Gasteiger partial charge on any atom is 0.409 e. The predicted molar refractivity (Wildman–Crippen MR) is 85.9 cm³/mol. The minimum absolute atomic E-state index is 0.00349. The molecule has 3 N–H and O–H groups in total. The zero-order valence-corrected chi connectivity index (χ0v) is 14.6. The maximum absolute atomic E-state index is 11.8. The van der Waals surface area contributed by atoms with Crippen LogP contribution < -0.4 is 10.6 Å². The van der Waals surface area contributed by atoms with Gasteiger partial charge in [0.1, 0.15) is 0 Å². The highest BCUT2D eigenvalue weighted by molar-refractivity contribution is 5.68. The van der Waals surface area contributed by atoms with Crippen molar-refractivity contribution in [1.29, 1.82) is 0 Å². The fourth-order valence-electron chi connectivity index (χ4n) is 3.67. The van der Waals surface area contributed by atoms with Crippen molar-refractivity contribution in [3.63, 3.8) is 0 Å². The minimum Gasteiger partial charge on any atom is -0.450 e. The van der Waals surface area contributed by atoms with Crippen LogP contribution in [0.2, 0.25) is 0 Å². The van der Waals surface area contributed by atoms with Crippen molar-refractivity contribution in [3.8, 4) is 0 Å². The number of carbonyl (C=O) groups excluding carboxylic acids is 2. The van der Waals surface area contributed by atoms with Gasteiger partial charge in [-0.1, -0.05) is 27.7 Å². The molecule has 0 aliphatic heterocycles. The molecule has 0 aromatic carbocycles. The van der Waals surface area contributed by atoms with E-state index in [0.29, 0.717) is 13.2 Å². The maximum atomic E-state index is 11.8. The lowest BCUT2D eigenvalue weighted by Crippen LogP contribution is -2.50. The Hall–Kier alpha value is -1.50. The first kappa shape index (κ1) is 19.5. The van der Waals surface area contributed by atoms with Crippen molar-refractivity contribution < 1.29 is 24.2 Å². The van der Waals surface area contributed by atoms with E-state index >= 15 is 0 Å². The number of nitrogens with one attached hydrogen (secondary N) is 2. The van der Waals surface area contributed by atoms with Crippen molar-refractivity contribution in [1.82, 2.24) is 10.6 Å². The lowest BCUT2D eigenvalue weighted by Gasteiger charge is -2.46. The van der Waals surface area contributed by atoms with Crippen molar-refractivity contribution in [2.75, 3.05) is 19.9 Å². The van der Waals surface area contributed by atoms with Crippen molar-refractivity contribution in [3.05, 3.63) is 0 Å². The molecule has 134 valence electrons. The monoisotopic (exact) mass is 330 g/mol. The number of carbonyl (C=O) groups is 2. The topological polar surface area (TPSA) is 96.9 Å². The fourth-order valence-corrected chi connectivity index (χ4v) is 3.67. The molecule has 7 nitrogen and oxygen atoms in total. The first-order chi connectivity index (χ1) is 10.7. The van der Waals surface area contributed by atoms with Crippen molar-refractivity contribution >= 4 is 12.2 Å². The van der Waals surface area contributed by atoms with E-state index in [1.807, 2.05) is 6.92 Å². The zero-order chi connectivity index (χ0) is 17.5. The second kappa shape index (κ2) is 8.38. The number of aliphatic hydroxyl groups is 1. The van der Waals surface area contributed by atoms with Gasteiger partial charge in [0.15, 0.2) is 6.79 Å². The van der Waals surface area contributed by atoms with Crippen LogP contribution in [0.15, 0.2) is 0 Å². The lowest BCUT2D eigenvalue weighted by molar-refractivity contribution is 0.0345. The van der Waals surface area contributed by atoms with Gasteiger partial charge in [0, 0.05) is 12.6 Å². The van der Waals surface area contributed by atoms with Gasteiger partial charge in [-0.2, -0.15) is 0 Å². The molecule has 0 bridgehead atoms. The van der Waals surface area contributed by atoms with E-state index in [2.05, 4.69) is 36.1 Å². The van der Waals surface area contributed by atoms with Gasteiger partial charge in [0.2, 0.25) is 0 Å². The fraction of sp³-hybridized carbons (Fsp3) is 0.875. The summed E-state index contributed by atoms with van der Waals surface area (Å²) < 4.78 is 9.57. The second-order valence-electron chi connectivity index (χ2n) is 7.45. The molecule has 1 fully saturated rings. The van der Waals surface area contributed by atoms with Crippen LogP contribution in [0.25, 0.3) is 0 Å². The first-order valence-corrected chi connectivity index (χ1v) is 8.14. The first-order valence-electron chi connectivity index (χ1n) is 8.14. The van der Waals surface area contributed by atoms with Crippen molar-refractivity contribution in [2.45, 2.75) is 59.4 Å². The number of amides is 2. The van der Waals surface area contributed by atoms with E-state index in [4.69, 9.17) is 9.84 Å². The Morgan fingerprint density at radius 3 is 2.48 bits per heavy atom. The molecule has 1 aliphatic rings. The largest absolute Gasteiger partial charge is 0.450 e. The van der Waals surface area contributed by atoms with Crippen LogP contribution >= 0.6 is 0 Å². The van der Waals surface area contributed by atoms with Crippen LogP contribution in [0.5, 0.6) is 0 Å². The van der Waals surface area contributed by atoms with Crippen LogP contribution in [0.4, 0.5) is 9.59 Å². The summed E-state index contributed by atoms with van der Waals surface area (Å²) in [6.45, 7) is 8.54. The molecule has 0 saturated heterocycles. The van der Waals surface area contributed by atoms with Gasteiger partial charge >= 0.3 is 12.2 Å². The quantitative estimate of drug-likeness (QED) is 0.650. The van der Waals surface area contributed by atoms with Crippen LogP contribution in [0, 0.1) is 10.8 Å². The standard InChI is InChI=1S/C16H30N2O5/c1-5-6-22-14(21)18-12-7-15(2,3)9-16(4,8-12)10-17-13(20)23-11-19/h12,19H,5-11H2,1-4H3,(H,17,20)(H,18,21). The molecular weight excluding hydrogens is 300 g/mol. The molecule has 0 aromatic rings. The summed E-state index contributed by atoms with van der Waals surface area (Å²) in [6, 6.07) is 0.00349. The summed E-state index contributed by atoms with van der Waals surface area (Å²) in [7, 11) is 0. The van der Waals surface area contributed by atoms with Gasteiger partial charge in [-0.05, 0) is 36.5 Å². The highest BCUT2D eigenvalue weighted by Crippen LogP contribution is 2.45. The Balaban J connectivity index is 2.62. The van der Waals surface area contributed by atoms with Gasteiger partial charge in [0.25, 0.3) is 0 Å². The van der Waals surface area contributed by atoms with Gasteiger partial charge in [0.05, 0.1) is 6.61 Å². The van der Waals surface area contributed by atoms with E-state index in [1.165, 1.54) is 0 Å². The summed E-state index contributed by atoms with van der Waals surface area (Å²) in [5, 5.41) is 14.2. The van der Waals surface area contributed by atoms with Crippen LogP contribution in [-0.2, 0) is 9.47 Å². The Kier molecular flexibility index (Phi) is 7.12. The molecular formula is C16H30N2O5. The van der Waals surface area contributed by atoms with Gasteiger partial charge in [-0.25, -0.2) is 9.59 Å². The van der Waals surface area contributed by atoms with E-state index < -0.39 is 12.9 Å². The van der Waals surface area contributed by atoms with E-state index in [0.717, 1.165) is 25.7 Å². The Morgan fingerprint density at radius 1 is 1.17 bits per heavy atom. The number of aliphatic hydroxyl groups excluding tert-OH is 1. The van der Waals surface area contributed by atoms with Crippen LogP contribution in [0.3, 0.4) is 0 Å². The summed E-state index contributed by atoms with van der Waals surface area (Å²) in [6.07, 6.45) is 2.30. The van der Waals surface area contributed by atoms with Gasteiger partial charge in [-0.3, -0.25) is 0 Å². The third-order valence-electron chi connectivity index (χ3n) is 4.06. The smallest absolute Gasteiger partial charge is 0.409 e. The van der Waals surface area contributed by atoms with Crippen molar-refractivity contribution in [2.24, 2.45) is 10.8 Å². The number of rotatable bonds is 6. The van der Waals surface area contributed by atoms with Crippen LogP contribution in [-0.4, -0.2) is 43.3 Å². The Morgan fingerprint density at radius 2 is 1.87 bits per heavy atom. The normalized spacial score (nSPS) is 26.2. The molecule has 1 aliphatic carbocycles. The van der Waals surface area contributed by atoms with E-state index in [9.17, 15) is 9.59 Å². The lowest BCUT2D eigenvalue weighted by atomic mass is 9.62. The average molecular weight is 330 g/mol. The second-order valence-corrected chi connectivity index (χ2v) is 7.45. The molecule has 0 spiro atoms. The summed E-state index contributed by atoms with van der Waals surface area (Å²) in [5.74, 6) is 0. The third kappa shape index (κ3) is 7.07. The average Bonchev–Trinajstić information content (AvgIpc) is 2.41. The zero-order valence-electron chi connectivity index (χ0n) is 14.6. The minimum atomic E-state index is -0.637. The molecule has 1 rings (SSSR count). The molecule has 0 radical (unpaired) electrons. The summed E-state index contributed by atoms with van der Waals surface area (Å²) in [4.78, 5) is 23.2. The summed E-state index contributed by atoms with van der Waals surface area (Å²) in [5.41, 5.74) is -0.128. The predicted octanol–water partition coefficient (Wildman–Crippen LogP) is 2.38. The molecule has 23 heavy (non-hydrogen) atoms. The van der Waals surface area contributed by atoms with Gasteiger partial charge < -0.3 is 25.2 Å². The summed E-state index contributed by atoms with van der Waals surface area (Å²) >= 11 is 0. The van der Waals surface area contributed by atoms with E-state index in [-0.39, 0.29) is 23.0 Å². The third-order valence-corrected chi connectivity index (χ3v) is 4.06. The number of hydrogen-bond donors (Lipinski definition) is 3. The highest BCUT2D eigenvalue weighted by atomic mass is 16.6. The highest BCUT2D eigenvalue weighted by Gasteiger charge is 2.42. The molecule has 1 saturated carbocycles. The molecule has 0 heterocycles. The van der Waals surface area contributed by atoms with Gasteiger partial charge in [-0.15, -0.1) is 0 Å². The van der Waals surface area contributed by atoms with E-state index in [1.54, 1.807) is 0 Å². The molecule has 2 atom stereocenters. The molecule has 2 unspecified atom stereocenters. The molecule has 2 amide bonds. The number of alkyl carbamates (subject to hydrolysis) is 2. The molecule has 7 heteroatoms.